The maximum atomic E-state index is 15.2. The third-order valence-electron chi connectivity index (χ3n) is 4.63. The van der Waals surface area contributed by atoms with Crippen LogP contribution in [0.4, 0.5) is 4.39 Å². The van der Waals surface area contributed by atoms with Gasteiger partial charge in [-0.25, -0.2) is 27.6 Å². The van der Waals surface area contributed by atoms with Crippen molar-refractivity contribution in [3.05, 3.63) is 27.3 Å². The van der Waals surface area contributed by atoms with Crippen LogP contribution < -0.4 is 11.4 Å². The van der Waals surface area contributed by atoms with Crippen LogP contribution in [0, 0.1) is 10.8 Å². The molecule has 1 fully saturated rings. The normalized spacial score (nSPS) is 20.8. The molecule has 1 saturated heterocycles. The van der Waals surface area contributed by atoms with Gasteiger partial charge in [-0.3, -0.25) is 23.7 Å². The predicted octanol–water partition coefficient (Wildman–Crippen LogP) is 2.16. The molecule has 2 rings (SSSR count). The summed E-state index contributed by atoms with van der Waals surface area (Å²) in [6.45, 7) is 6.79. The number of carbonyl (C=O) groups is 2. The highest BCUT2D eigenvalue weighted by Crippen LogP contribution is 2.51. The average molecular weight is 539 g/mol. The second kappa shape index (κ2) is 11.3. The number of H-pyrrole nitrogens is 1. The van der Waals surface area contributed by atoms with Crippen LogP contribution >= 0.6 is 7.82 Å². The molecule has 0 aromatic carbocycles. The van der Waals surface area contributed by atoms with E-state index in [9.17, 15) is 23.7 Å². The first-order chi connectivity index (χ1) is 16.4. The molecule has 14 nitrogen and oxygen atoms in total. The van der Waals surface area contributed by atoms with Gasteiger partial charge in [-0.15, -0.1) is 0 Å². The van der Waals surface area contributed by atoms with Crippen LogP contribution in [0.15, 0.2) is 15.9 Å². The molecule has 0 spiro atoms. The van der Waals surface area contributed by atoms with Crippen LogP contribution in [-0.2, 0) is 41.9 Å². The summed E-state index contributed by atoms with van der Waals surface area (Å²) in [4.78, 5) is 52.2. The number of hydrogen-bond donors (Lipinski definition) is 1. The summed E-state index contributed by atoms with van der Waals surface area (Å²) >= 11 is 0. The molecular weight excluding hydrogens is 508 g/mol. The quantitative estimate of drug-likeness (QED) is 0.261. The zero-order valence-corrected chi connectivity index (χ0v) is 21.8. The van der Waals surface area contributed by atoms with Crippen LogP contribution in [-0.4, -0.2) is 52.5 Å². The molecule has 0 amide bonds. The van der Waals surface area contributed by atoms with E-state index in [0.29, 0.717) is 0 Å². The first-order valence-electron chi connectivity index (χ1n) is 10.9. The fourth-order valence-corrected chi connectivity index (χ4v) is 3.51. The summed E-state index contributed by atoms with van der Waals surface area (Å²) in [7, 11) is -4.64. The molecule has 1 aromatic rings. The lowest BCUT2D eigenvalue weighted by Crippen LogP contribution is -2.35. The lowest BCUT2D eigenvalue weighted by molar-refractivity contribution is -0.181. The summed E-state index contributed by atoms with van der Waals surface area (Å²) in [6, 6.07) is 0. The summed E-state index contributed by atoms with van der Waals surface area (Å²) in [6.07, 6.45) is -0.521. The second-order valence-corrected chi connectivity index (χ2v) is 11.6. The van der Waals surface area contributed by atoms with E-state index in [0.717, 1.165) is 10.9 Å². The number of alkyl halides is 1. The summed E-state index contributed by atoms with van der Waals surface area (Å²) in [5, 5.41) is 0. The zero-order chi connectivity index (χ0) is 27.4. The third kappa shape index (κ3) is 8.59. The molecule has 16 heteroatoms. The lowest BCUT2D eigenvalue weighted by Gasteiger charge is -2.25. The third-order valence-corrected chi connectivity index (χ3v) is 5.92. The van der Waals surface area contributed by atoms with Crippen molar-refractivity contribution in [1.82, 2.24) is 14.5 Å². The Morgan fingerprint density at radius 1 is 1.11 bits per heavy atom. The van der Waals surface area contributed by atoms with Gasteiger partial charge in [0.05, 0.1) is 10.8 Å². The van der Waals surface area contributed by atoms with Gasteiger partial charge in [0, 0.05) is 6.42 Å². The Morgan fingerprint density at radius 2 is 1.64 bits per heavy atom. The highest BCUT2D eigenvalue weighted by molar-refractivity contribution is 7.48. The minimum Gasteiger partial charge on any atom is -0.437 e. The molecule has 1 N–H and O–H groups in total. The molecule has 1 aliphatic heterocycles. The van der Waals surface area contributed by atoms with Crippen molar-refractivity contribution in [2.45, 2.75) is 66.5 Å². The van der Waals surface area contributed by atoms with Crippen molar-refractivity contribution in [2.24, 2.45) is 10.8 Å². The molecule has 204 valence electrons. The number of nitrogens with zero attached hydrogens (tertiary/aromatic N) is 2. The molecule has 0 aliphatic carbocycles. The number of aromatic amines is 1. The number of halogens is 1. The molecular formula is C20H31FN3O11P. The average Bonchev–Trinajstić information content (AvgIpc) is 3.13. The summed E-state index contributed by atoms with van der Waals surface area (Å²) in [5.74, 6) is -3.90. The fraction of sp³-hybridized carbons (Fsp3) is 0.750. The van der Waals surface area contributed by atoms with Crippen molar-refractivity contribution >= 4 is 19.8 Å². The standard InChI is InChI=1S/C20H31FN3O11P/c1-18(2,3)14(25)30-11-33-36(29,34-12-31-15(26)19(4,5)6)32-9-20(21)8-7-13(35-20)24-10-22-16(27)23-17(24)28/h10,13H,7-9,11-12H2,1-6H3,(H,23,27,28)/t13-,20+/m1/s1. The minimum absolute atomic E-state index is 0.00804. The highest BCUT2D eigenvalue weighted by atomic mass is 31.2. The van der Waals surface area contributed by atoms with E-state index in [1.54, 1.807) is 41.5 Å². The molecule has 0 bridgehead atoms. The predicted molar refractivity (Wildman–Crippen MR) is 119 cm³/mol. The Bertz CT molecular complexity index is 1070. The lowest BCUT2D eigenvalue weighted by atomic mass is 9.98. The number of esters is 2. The van der Waals surface area contributed by atoms with Crippen molar-refractivity contribution in [1.29, 1.82) is 0 Å². The van der Waals surface area contributed by atoms with E-state index in [1.165, 1.54) is 0 Å². The number of rotatable bonds is 10. The maximum absolute atomic E-state index is 15.2. The number of hydrogen-bond acceptors (Lipinski definition) is 12. The molecule has 0 saturated carbocycles. The molecule has 2 heterocycles. The largest absolute Gasteiger partial charge is 0.480 e. The fourth-order valence-electron chi connectivity index (χ4n) is 2.57. The van der Waals surface area contributed by atoms with Crippen LogP contribution in [0.25, 0.3) is 0 Å². The Hall–Kier alpha value is -2.45. The van der Waals surface area contributed by atoms with Gasteiger partial charge >= 0.3 is 31.1 Å². The van der Waals surface area contributed by atoms with Gasteiger partial charge in [-0.1, -0.05) is 0 Å². The number of nitrogens with one attached hydrogen (secondary N) is 1. The number of carbonyl (C=O) groups excluding carboxylic acids is 2. The second-order valence-electron chi connectivity index (χ2n) is 9.96. The molecule has 36 heavy (non-hydrogen) atoms. The monoisotopic (exact) mass is 539 g/mol. The molecule has 0 unspecified atom stereocenters. The van der Waals surface area contributed by atoms with E-state index in [2.05, 4.69) is 4.98 Å². The van der Waals surface area contributed by atoms with Crippen molar-refractivity contribution in [3.8, 4) is 0 Å². The van der Waals surface area contributed by atoms with Gasteiger partial charge in [0.2, 0.25) is 19.4 Å². The van der Waals surface area contributed by atoms with Crippen molar-refractivity contribution < 1.29 is 46.3 Å². The van der Waals surface area contributed by atoms with Crippen LogP contribution in [0.3, 0.4) is 0 Å². The van der Waals surface area contributed by atoms with Crippen LogP contribution in [0.2, 0.25) is 0 Å². The van der Waals surface area contributed by atoms with E-state index < -0.39 is 74.2 Å². The van der Waals surface area contributed by atoms with Gasteiger partial charge in [-0.2, -0.15) is 4.98 Å². The first kappa shape index (κ1) is 29.8. The van der Waals surface area contributed by atoms with E-state index in [4.69, 9.17) is 27.8 Å². The molecule has 2 atom stereocenters. The van der Waals surface area contributed by atoms with Gasteiger partial charge in [0.15, 0.2) is 0 Å². The molecule has 1 aromatic heterocycles. The number of phosphoric acid groups is 1. The van der Waals surface area contributed by atoms with Gasteiger partial charge < -0.3 is 14.2 Å². The summed E-state index contributed by atoms with van der Waals surface area (Å²) in [5.41, 5.74) is -3.51. The van der Waals surface area contributed by atoms with Gasteiger partial charge in [0.1, 0.15) is 19.2 Å². The zero-order valence-electron chi connectivity index (χ0n) is 20.9. The van der Waals surface area contributed by atoms with Gasteiger partial charge in [-0.05, 0) is 48.0 Å². The van der Waals surface area contributed by atoms with E-state index in [1.807, 2.05) is 4.98 Å². The van der Waals surface area contributed by atoms with Crippen LogP contribution in [0.1, 0.15) is 60.6 Å². The van der Waals surface area contributed by atoms with Crippen molar-refractivity contribution in [2.75, 3.05) is 20.2 Å². The Morgan fingerprint density at radius 3 is 2.11 bits per heavy atom. The highest BCUT2D eigenvalue weighted by Gasteiger charge is 2.45. The van der Waals surface area contributed by atoms with E-state index in [-0.39, 0.29) is 12.8 Å². The molecule has 1 aliphatic rings. The molecule has 0 radical (unpaired) electrons. The maximum Gasteiger partial charge on any atom is 0.480 e. The minimum atomic E-state index is -4.64. The SMILES string of the molecule is CC(C)(C)C(=O)OCOP(=O)(OCOC(=O)C(C)(C)C)OC[C@]1(F)CC[C@H](n2cnc(=O)[nH]c2=O)O1. The van der Waals surface area contributed by atoms with E-state index >= 15 is 4.39 Å². The number of aromatic nitrogens is 3. The number of phosphoric ester groups is 1. The smallest absolute Gasteiger partial charge is 0.437 e. The summed E-state index contributed by atoms with van der Waals surface area (Å²) < 4.78 is 59.1. The van der Waals surface area contributed by atoms with Gasteiger partial charge in [0.25, 0.3) is 0 Å². The number of ether oxygens (including phenoxy) is 3. The Labute approximate surface area is 206 Å². The Kier molecular flexibility index (Phi) is 9.35. The first-order valence-corrected chi connectivity index (χ1v) is 12.3. The van der Waals surface area contributed by atoms with Crippen LogP contribution in [0.5, 0.6) is 0 Å². The Balaban J connectivity index is 2.05. The topological polar surface area (TPSA) is 174 Å². The van der Waals surface area contributed by atoms with Crippen molar-refractivity contribution in [3.63, 3.8) is 0 Å².